The van der Waals surface area contributed by atoms with Gasteiger partial charge in [0.2, 0.25) is 5.88 Å². The van der Waals surface area contributed by atoms with Crippen molar-refractivity contribution in [1.29, 1.82) is 0 Å². The summed E-state index contributed by atoms with van der Waals surface area (Å²) in [5.41, 5.74) is -0.863. The summed E-state index contributed by atoms with van der Waals surface area (Å²) in [5, 5.41) is 0. The molecular weight excluding hydrogens is 330 g/mol. The molecule has 0 fully saturated rings. The minimum atomic E-state index is -4.44. The van der Waals surface area contributed by atoms with Gasteiger partial charge in [-0.25, -0.2) is 9.37 Å². The van der Waals surface area contributed by atoms with Crippen molar-refractivity contribution < 1.29 is 22.3 Å². The minimum absolute atomic E-state index is 0.0136. The molecule has 2 rings (SSSR count). The predicted octanol–water partition coefficient (Wildman–Crippen LogP) is 4.79. The Labute approximate surface area is 114 Å². The van der Waals surface area contributed by atoms with Gasteiger partial charge in [-0.15, -0.1) is 0 Å². The number of ether oxygens (including phenoxy) is 1. The lowest BCUT2D eigenvalue weighted by Crippen LogP contribution is -2.05. The van der Waals surface area contributed by atoms with Crippen molar-refractivity contribution >= 4 is 15.9 Å². The summed E-state index contributed by atoms with van der Waals surface area (Å²) in [7, 11) is 0. The van der Waals surface area contributed by atoms with Crippen LogP contribution in [0.4, 0.5) is 17.6 Å². The summed E-state index contributed by atoms with van der Waals surface area (Å²) < 4.78 is 55.4. The van der Waals surface area contributed by atoms with Crippen LogP contribution in [0, 0.1) is 5.82 Å². The molecule has 0 aliphatic carbocycles. The number of hydrogen-bond acceptors (Lipinski definition) is 2. The van der Waals surface area contributed by atoms with E-state index in [2.05, 4.69) is 20.9 Å². The molecule has 0 aliphatic heterocycles. The molecule has 0 bridgehead atoms. The van der Waals surface area contributed by atoms with Crippen LogP contribution in [0.2, 0.25) is 0 Å². The second-order valence-electron chi connectivity index (χ2n) is 3.56. The smallest absolute Gasteiger partial charge is 0.417 e. The fourth-order valence-electron chi connectivity index (χ4n) is 1.28. The van der Waals surface area contributed by atoms with Gasteiger partial charge in [0.05, 0.1) is 10.0 Å². The first-order valence-electron chi connectivity index (χ1n) is 5.02. The van der Waals surface area contributed by atoms with Gasteiger partial charge in [-0.3, -0.25) is 0 Å². The summed E-state index contributed by atoms with van der Waals surface area (Å²) in [6, 6.07) is 5.65. The van der Waals surface area contributed by atoms with E-state index < -0.39 is 17.6 Å². The highest BCUT2D eigenvalue weighted by Crippen LogP contribution is 2.32. The third-order valence-electron chi connectivity index (χ3n) is 2.17. The van der Waals surface area contributed by atoms with Gasteiger partial charge in [0.1, 0.15) is 11.6 Å². The van der Waals surface area contributed by atoms with Crippen LogP contribution in [0.15, 0.2) is 41.0 Å². The molecule has 19 heavy (non-hydrogen) atoms. The summed E-state index contributed by atoms with van der Waals surface area (Å²) >= 11 is 3.08. The highest BCUT2D eigenvalue weighted by molar-refractivity contribution is 9.10. The Kier molecular flexibility index (Phi) is 3.75. The van der Waals surface area contributed by atoms with Crippen LogP contribution in [0.25, 0.3) is 0 Å². The van der Waals surface area contributed by atoms with Crippen LogP contribution in [0.1, 0.15) is 5.56 Å². The summed E-state index contributed by atoms with van der Waals surface area (Å²) in [6.45, 7) is 0. The molecule has 0 aliphatic rings. The molecule has 0 unspecified atom stereocenters. The Morgan fingerprint density at radius 3 is 2.37 bits per heavy atom. The van der Waals surface area contributed by atoms with Gasteiger partial charge < -0.3 is 4.74 Å². The lowest BCUT2D eigenvalue weighted by molar-refractivity contribution is -0.137. The van der Waals surface area contributed by atoms with Crippen LogP contribution in [0.5, 0.6) is 11.6 Å². The van der Waals surface area contributed by atoms with Gasteiger partial charge in [-0.1, -0.05) is 0 Å². The second-order valence-corrected chi connectivity index (χ2v) is 4.41. The van der Waals surface area contributed by atoms with E-state index in [1.54, 1.807) is 0 Å². The molecule has 0 saturated carbocycles. The molecule has 100 valence electrons. The molecule has 0 spiro atoms. The molecule has 7 heteroatoms. The van der Waals surface area contributed by atoms with Crippen molar-refractivity contribution in [3.8, 4) is 11.6 Å². The Hall–Kier alpha value is -1.63. The zero-order valence-electron chi connectivity index (χ0n) is 9.21. The van der Waals surface area contributed by atoms with Gasteiger partial charge in [-0.05, 0) is 40.2 Å². The quantitative estimate of drug-likeness (QED) is 0.736. The van der Waals surface area contributed by atoms with E-state index in [9.17, 15) is 17.6 Å². The van der Waals surface area contributed by atoms with E-state index in [1.807, 2.05) is 0 Å². The predicted molar refractivity (Wildman–Crippen MR) is 63.4 cm³/mol. The molecule has 1 aromatic heterocycles. The van der Waals surface area contributed by atoms with E-state index in [0.717, 1.165) is 12.1 Å². The highest BCUT2D eigenvalue weighted by atomic mass is 79.9. The lowest BCUT2D eigenvalue weighted by atomic mass is 10.3. The molecule has 2 aromatic rings. The molecular formula is C12H6BrF4NO. The number of hydrogen-bond donors (Lipinski definition) is 0. The van der Waals surface area contributed by atoms with Crippen LogP contribution in [0.3, 0.4) is 0 Å². The SMILES string of the molecule is Fc1ccc(Oc2ccc(C(F)(F)F)cn2)c(Br)c1. The maximum Gasteiger partial charge on any atom is 0.417 e. The monoisotopic (exact) mass is 335 g/mol. The standard InChI is InChI=1S/C12H6BrF4NO/c13-9-5-8(14)2-3-10(9)19-11-4-1-7(6-18-11)12(15,16)17/h1-6H. The number of pyridine rings is 1. The van der Waals surface area contributed by atoms with Gasteiger partial charge in [-0.2, -0.15) is 13.2 Å². The molecule has 1 heterocycles. The average molecular weight is 336 g/mol. The van der Waals surface area contributed by atoms with Gasteiger partial charge >= 0.3 is 6.18 Å². The third-order valence-corrected chi connectivity index (χ3v) is 2.79. The fraction of sp³-hybridized carbons (Fsp3) is 0.0833. The van der Waals surface area contributed by atoms with Gasteiger partial charge in [0, 0.05) is 12.3 Å². The Morgan fingerprint density at radius 1 is 1.11 bits per heavy atom. The van der Waals surface area contributed by atoms with E-state index in [0.29, 0.717) is 10.7 Å². The van der Waals surface area contributed by atoms with Crippen LogP contribution in [-0.4, -0.2) is 4.98 Å². The first-order chi connectivity index (χ1) is 8.86. The number of alkyl halides is 3. The molecule has 2 nitrogen and oxygen atoms in total. The molecule has 0 N–H and O–H groups in total. The van der Waals surface area contributed by atoms with E-state index >= 15 is 0 Å². The lowest BCUT2D eigenvalue weighted by Gasteiger charge is -2.09. The first-order valence-corrected chi connectivity index (χ1v) is 5.82. The van der Waals surface area contributed by atoms with E-state index in [4.69, 9.17) is 4.74 Å². The number of aromatic nitrogens is 1. The van der Waals surface area contributed by atoms with Gasteiger partial charge in [0.25, 0.3) is 0 Å². The maximum absolute atomic E-state index is 12.8. The van der Waals surface area contributed by atoms with Crippen molar-refractivity contribution in [3.05, 3.63) is 52.4 Å². The Balaban J connectivity index is 2.20. The van der Waals surface area contributed by atoms with Crippen molar-refractivity contribution in [1.82, 2.24) is 4.98 Å². The summed E-state index contributed by atoms with van der Waals surface area (Å²) in [6.07, 6.45) is -3.77. The topological polar surface area (TPSA) is 22.1 Å². The summed E-state index contributed by atoms with van der Waals surface area (Å²) in [5.74, 6) is -0.214. The van der Waals surface area contributed by atoms with Crippen LogP contribution < -0.4 is 4.74 Å². The number of benzene rings is 1. The maximum atomic E-state index is 12.8. The Bertz CT molecular complexity index is 583. The van der Waals surface area contributed by atoms with Crippen molar-refractivity contribution in [2.24, 2.45) is 0 Å². The van der Waals surface area contributed by atoms with Crippen molar-refractivity contribution in [2.75, 3.05) is 0 Å². The largest absolute Gasteiger partial charge is 0.438 e. The summed E-state index contributed by atoms with van der Waals surface area (Å²) in [4.78, 5) is 3.55. The highest BCUT2D eigenvalue weighted by Gasteiger charge is 2.30. The second kappa shape index (κ2) is 5.16. The third kappa shape index (κ3) is 3.44. The van der Waals surface area contributed by atoms with E-state index in [-0.39, 0.29) is 11.6 Å². The Morgan fingerprint density at radius 2 is 1.84 bits per heavy atom. The number of nitrogens with zero attached hydrogens (tertiary/aromatic N) is 1. The minimum Gasteiger partial charge on any atom is -0.438 e. The molecule has 0 radical (unpaired) electrons. The number of halogens is 5. The van der Waals surface area contributed by atoms with E-state index in [1.165, 1.54) is 18.2 Å². The molecule has 0 amide bonds. The van der Waals surface area contributed by atoms with Crippen LogP contribution >= 0.6 is 15.9 Å². The zero-order chi connectivity index (χ0) is 14.0. The van der Waals surface area contributed by atoms with Crippen molar-refractivity contribution in [2.45, 2.75) is 6.18 Å². The normalized spacial score (nSPS) is 11.4. The zero-order valence-corrected chi connectivity index (χ0v) is 10.8. The average Bonchev–Trinajstić information content (AvgIpc) is 2.32. The molecule has 1 aromatic carbocycles. The number of rotatable bonds is 2. The fourth-order valence-corrected chi connectivity index (χ4v) is 1.71. The van der Waals surface area contributed by atoms with Gasteiger partial charge in [0.15, 0.2) is 0 Å². The van der Waals surface area contributed by atoms with Crippen LogP contribution in [-0.2, 0) is 6.18 Å². The van der Waals surface area contributed by atoms with Crippen molar-refractivity contribution in [3.63, 3.8) is 0 Å². The molecule has 0 atom stereocenters. The molecule has 0 saturated heterocycles. The first kappa shape index (κ1) is 13.8.